The molecular formula is C24H31ClF3N3O3. The summed E-state index contributed by atoms with van der Waals surface area (Å²) in [5.74, 6) is -0.0804. The Hall–Kier alpha value is -2.00. The molecule has 1 N–H and O–H groups in total. The van der Waals surface area contributed by atoms with E-state index in [1.54, 1.807) is 20.8 Å². The lowest BCUT2D eigenvalue weighted by molar-refractivity contribution is -0.137. The van der Waals surface area contributed by atoms with Gasteiger partial charge in [0.25, 0.3) is 0 Å². The lowest BCUT2D eigenvalue weighted by Gasteiger charge is -2.36. The number of carbonyl (C=O) groups is 2. The Kier molecular flexibility index (Phi) is 7.06. The number of carbonyl (C=O) groups excluding carboxylic acids is 2. The zero-order chi connectivity index (χ0) is 24.7. The number of amides is 2. The van der Waals surface area contributed by atoms with Crippen molar-refractivity contribution in [1.82, 2.24) is 9.80 Å². The zero-order valence-corrected chi connectivity index (χ0v) is 20.0. The van der Waals surface area contributed by atoms with Crippen LogP contribution in [0, 0.1) is 5.41 Å². The van der Waals surface area contributed by atoms with Crippen molar-refractivity contribution in [2.75, 3.05) is 37.6 Å². The predicted molar refractivity (Wildman–Crippen MR) is 123 cm³/mol. The van der Waals surface area contributed by atoms with Crippen LogP contribution in [0.2, 0.25) is 5.02 Å². The van der Waals surface area contributed by atoms with Crippen molar-refractivity contribution in [3.05, 3.63) is 28.8 Å². The summed E-state index contributed by atoms with van der Waals surface area (Å²) >= 11 is 5.75. The summed E-state index contributed by atoms with van der Waals surface area (Å²) in [7, 11) is 0. The summed E-state index contributed by atoms with van der Waals surface area (Å²) in [6, 6.07) is 3.63. The largest absolute Gasteiger partial charge is 0.417 e. The molecule has 0 radical (unpaired) electrons. The van der Waals surface area contributed by atoms with Crippen LogP contribution in [-0.2, 0) is 15.8 Å². The molecule has 4 rings (SSSR count). The van der Waals surface area contributed by atoms with E-state index in [2.05, 4.69) is 0 Å². The first-order chi connectivity index (χ1) is 16.0. The first-order valence-corrected chi connectivity index (χ1v) is 12.2. The third-order valence-electron chi connectivity index (χ3n) is 7.57. The van der Waals surface area contributed by atoms with Crippen LogP contribution in [0.15, 0.2) is 18.2 Å². The number of piperidine rings is 1. The molecule has 188 valence electrons. The van der Waals surface area contributed by atoms with Crippen LogP contribution in [0.4, 0.5) is 18.9 Å². The Morgan fingerprint density at radius 3 is 2.59 bits per heavy atom. The number of benzene rings is 1. The minimum atomic E-state index is -4.56. The molecule has 2 amide bonds. The fourth-order valence-corrected chi connectivity index (χ4v) is 5.41. The van der Waals surface area contributed by atoms with Gasteiger partial charge in [-0.2, -0.15) is 13.2 Å². The van der Waals surface area contributed by atoms with Gasteiger partial charge in [-0.05, 0) is 56.2 Å². The average Bonchev–Trinajstić information content (AvgIpc) is 3.56. The number of likely N-dealkylation sites (tertiary alicyclic amines) is 1. The highest BCUT2D eigenvalue weighted by molar-refractivity contribution is 6.31. The van der Waals surface area contributed by atoms with Gasteiger partial charge in [0, 0.05) is 57.3 Å². The first kappa shape index (κ1) is 25.1. The maximum Gasteiger partial charge on any atom is 0.417 e. The molecule has 1 aromatic rings. The van der Waals surface area contributed by atoms with Crippen LogP contribution in [0.3, 0.4) is 0 Å². The summed E-state index contributed by atoms with van der Waals surface area (Å²) in [4.78, 5) is 30.5. The molecule has 2 heterocycles. The lowest BCUT2D eigenvalue weighted by atomic mass is 9.90. The normalized spacial score (nSPS) is 25.0. The number of aliphatic hydroxyl groups is 1. The van der Waals surface area contributed by atoms with Gasteiger partial charge in [-0.1, -0.05) is 11.6 Å². The number of rotatable bonds is 5. The molecule has 34 heavy (non-hydrogen) atoms. The maximum atomic E-state index is 13.3. The van der Waals surface area contributed by atoms with Crippen molar-refractivity contribution in [2.45, 2.75) is 63.8 Å². The molecule has 2 saturated heterocycles. The molecule has 3 aliphatic rings. The van der Waals surface area contributed by atoms with Crippen molar-refractivity contribution < 1.29 is 27.9 Å². The average molecular weight is 502 g/mol. The van der Waals surface area contributed by atoms with E-state index in [1.807, 2.05) is 6.92 Å². The number of aliphatic hydroxyl groups excluding tert-OH is 1. The van der Waals surface area contributed by atoms with Gasteiger partial charge in [-0.25, -0.2) is 0 Å². The van der Waals surface area contributed by atoms with Gasteiger partial charge in [0.05, 0.1) is 16.7 Å². The van der Waals surface area contributed by atoms with Crippen molar-refractivity contribution in [1.29, 1.82) is 0 Å². The molecule has 2 aliphatic heterocycles. The highest BCUT2D eigenvalue weighted by atomic mass is 35.5. The van der Waals surface area contributed by atoms with Crippen LogP contribution < -0.4 is 4.90 Å². The van der Waals surface area contributed by atoms with E-state index in [1.165, 1.54) is 6.07 Å². The van der Waals surface area contributed by atoms with Crippen LogP contribution in [-0.4, -0.2) is 71.6 Å². The van der Waals surface area contributed by atoms with E-state index in [4.69, 9.17) is 11.6 Å². The van der Waals surface area contributed by atoms with E-state index in [0.717, 1.165) is 25.3 Å². The Labute approximate surface area is 202 Å². The molecule has 3 fully saturated rings. The Balaban J connectivity index is 1.32. The number of nitrogens with zero attached hydrogens (tertiary/aromatic N) is 3. The van der Waals surface area contributed by atoms with E-state index in [9.17, 15) is 27.9 Å². The highest BCUT2D eigenvalue weighted by Crippen LogP contribution is 2.53. The molecule has 6 nitrogen and oxygen atoms in total. The molecule has 10 heteroatoms. The van der Waals surface area contributed by atoms with Gasteiger partial charge in [0.1, 0.15) is 0 Å². The summed E-state index contributed by atoms with van der Waals surface area (Å²) in [6.07, 6.45) is -1.09. The van der Waals surface area contributed by atoms with Crippen molar-refractivity contribution >= 4 is 29.1 Å². The molecule has 0 bridgehead atoms. The second-order valence-corrected chi connectivity index (χ2v) is 10.3. The number of hydrogen-bond acceptors (Lipinski definition) is 4. The SMILES string of the molecule is CC1CN(CCCC(=O)N2CCC3(CC3)C(O)C2)C(=O)CCN1c1ccc(Cl)c(C(F)(F)F)c1. The van der Waals surface area contributed by atoms with Gasteiger partial charge in [0.2, 0.25) is 11.8 Å². The molecule has 0 aromatic heterocycles. The molecule has 1 spiro atoms. The third-order valence-corrected chi connectivity index (χ3v) is 7.90. The van der Waals surface area contributed by atoms with E-state index >= 15 is 0 Å². The van der Waals surface area contributed by atoms with Crippen molar-refractivity contribution in [3.8, 4) is 0 Å². The smallest absolute Gasteiger partial charge is 0.391 e. The van der Waals surface area contributed by atoms with Gasteiger partial charge >= 0.3 is 6.18 Å². The second kappa shape index (κ2) is 9.57. The topological polar surface area (TPSA) is 64.1 Å². The maximum absolute atomic E-state index is 13.3. The molecule has 1 aromatic carbocycles. The van der Waals surface area contributed by atoms with Crippen LogP contribution in [0.5, 0.6) is 0 Å². The number of anilines is 1. The van der Waals surface area contributed by atoms with Gasteiger partial charge in [-0.3, -0.25) is 9.59 Å². The Morgan fingerprint density at radius 1 is 1.21 bits per heavy atom. The van der Waals surface area contributed by atoms with Crippen LogP contribution in [0.1, 0.15) is 51.0 Å². The zero-order valence-electron chi connectivity index (χ0n) is 19.3. The first-order valence-electron chi connectivity index (χ1n) is 11.9. The number of alkyl halides is 3. The van der Waals surface area contributed by atoms with Crippen LogP contribution in [0.25, 0.3) is 0 Å². The van der Waals surface area contributed by atoms with E-state index in [-0.39, 0.29) is 34.7 Å². The lowest BCUT2D eigenvalue weighted by Crippen LogP contribution is -2.47. The molecule has 2 atom stereocenters. The monoisotopic (exact) mass is 501 g/mol. The minimum absolute atomic E-state index is 0.00709. The van der Waals surface area contributed by atoms with Gasteiger partial charge in [-0.15, -0.1) is 0 Å². The third kappa shape index (κ3) is 5.30. The predicted octanol–water partition coefficient (Wildman–Crippen LogP) is 3.94. The summed E-state index contributed by atoms with van der Waals surface area (Å²) < 4.78 is 39.9. The molecule has 1 aliphatic carbocycles. The molecular weight excluding hydrogens is 471 g/mol. The summed E-state index contributed by atoms with van der Waals surface area (Å²) in [5, 5.41) is 9.97. The fraction of sp³-hybridized carbons (Fsp3) is 0.667. The Bertz CT molecular complexity index is 938. The molecule has 2 unspecified atom stereocenters. The van der Waals surface area contributed by atoms with Gasteiger partial charge in [0.15, 0.2) is 0 Å². The van der Waals surface area contributed by atoms with E-state index in [0.29, 0.717) is 51.3 Å². The van der Waals surface area contributed by atoms with Crippen molar-refractivity contribution in [2.24, 2.45) is 5.41 Å². The van der Waals surface area contributed by atoms with Crippen LogP contribution >= 0.6 is 11.6 Å². The fourth-order valence-electron chi connectivity index (χ4n) is 5.19. The van der Waals surface area contributed by atoms with Crippen molar-refractivity contribution in [3.63, 3.8) is 0 Å². The van der Waals surface area contributed by atoms with Gasteiger partial charge < -0.3 is 19.8 Å². The standard InChI is InChI=1S/C24H31ClF3N3O3/c1-16-14-29(10-2-3-21(33)30-12-9-23(7-8-23)20(32)15-30)22(34)6-11-31(16)17-4-5-19(25)18(13-17)24(26,27)28/h4-5,13,16,20,32H,2-3,6-12,14-15H2,1H3. The second-order valence-electron chi connectivity index (χ2n) is 9.87. The highest BCUT2D eigenvalue weighted by Gasteiger charge is 2.51. The Morgan fingerprint density at radius 2 is 1.94 bits per heavy atom. The number of halogens is 4. The quantitative estimate of drug-likeness (QED) is 0.664. The number of hydrogen-bond donors (Lipinski definition) is 1. The molecule has 1 saturated carbocycles. The van der Waals surface area contributed by atoms with E-state index < -0.39 is 17.8 Å². The summed E-state index contributed by atoms with van der Waals surface area (Å²) in [5.41, 5.74) is -0.464. The summed E-state index contributed by atoms with van der Waals surface area (Å²) in [6.45, 7) is 4.02. The number of β-amino-alcohol motifs (C(OH)–C–C–N with tert-alkyl or cyclic N) is 1. The minimum Gasteiger partial charge on any atom is -0.391 e.